The van der Waals surface area contributed by atoms with Crippen LogP contribution in [0.1, 0.15) is 83.5 Å². The molecule has 1 heterocycles. The predicted octanol–water partition coefficient (Wildman–Crippen LogP) is 5.57. The van der Waals surface area contributed by atoms with Crippen LogP contribution < -0.4 is 10.6 Å². The lowest BCUT2D eigenvalue weighted by Gasteiger charge is -2.21. The van der Waals surface area contributed by atoms with Crippen LogP contribution in [0, 0.1) is 5.92 Å². The van der Waals surface area contributed by atoms with Gasteiger partial charge in [0.2, 0.25) is 5.91 Å². The smallest absolute Gasteiger partial charge is 0.338 e. The molecule has 0 radical (unpaired) electrons. The summed E-state index contributed by atoms with van der Waals surface area (Å²) in [6.45, 7) is 3.66. The van der Waals surface area contributed by atoms with E-state index in [0.29, 0.717) is 27.7 Å². The standard InChI is InChI=1S/C25H30N2O4S/c1-15-8-13-20-21(14-15)32-24(26-16(2)28)22(20)23(29)27-18-11-9-17(10-12-18)25(30)31-19-6-4-3-5-7-19/h9-12,15,19H,3-8,13-14H2,1-2H3,(H,26,28)(H,27,29). The van der Waals surface area contributed by atoms with Gasteiger partial charge in [-0.05, 0) is 80.7 Å². The minimum Gasteiger partial charge on any atom is -0.459 e. The van der Waals surface area contributed by atoms with Crippen molar-refractivity contribution < 1.29 is 19.1 Å². The van der Waals surface area contributed by atoms with Gasteiger partial charge in [-0.2, -0.15) is 0 Å². The first-order chi connectivity index (χ1) is 15.4. The normalized spacial score (nSPS) is 18.5. The molecule has 4 rings (SSSR count). The van der Waals surface area contributed by atoms with E-state index in [0.717, 1.165) is 50.5 Å². The first kappa shape index (κ1) is 22.5. The Kier molecular flexibility index (Phi) is 6.94. The summed E-state index contributed by atoms with van der Waals surface area (Å²) >= 11 is 1.50. The van der Waals surface area contributed by atoms with Gasteiger partial charge >= 0.3 is 5.97 Å². The lowest BCUT2D eigenvalue weighted by molar-refractivity contribution is -0.114. The Bertz CT molecular complexity index is 1010. The molecule has 6 nitrogen and oxygen atoms in total. The summed E-state index contributed by atoms with van der Waals surface area (Å²) in [5.74, 6) is -0.170. The van der Waals surface area contributed by atoms with Crippen molar-refractivity contribution in [2.24, 2.45) is 5.92 Å². The Labute approximate surface area is 192 Å². The monoisotopic (exact) mass is 454 g/mol. The molecule has 32 heavy (non-hydrogen) atoms. The number of esters is 1. The number of benzene rings is 1. The molecule has 0 saturated heterocycles. The third-order valence-electron chi connectivity index (χ3n) is 6.23. The average Bonchev–Trinajstić information content (AvgIpc) is 3.11. The summed E-state index contributed by atoms with van der Waals surface area (Å²) in [5.41, 5.74) is 2.69. The second kappa shape index (κ2) is 9.86. The summed E-state index contributed by atoms with van der Waals surface area (Å²) in [6, 6.07) is 6.79. The second-order valence-corrected chi connectivity index (χ2v) is 10.0. The molecule has 2 aromatic rings. The summed E-state index contributed by atoms with van der Waals surface area (Å²) in [7, 11) is 0. The fourth-order valence-corrected chi connectivity index (χ4v) is 5.98. The number of ether oxygens (including phenoxy) is 1. The summed E-state index contributed by atoms with van der Waals surface area (Å²) in [5, 5.41) is 6.38. The van der Waals surface area contributed by atoms with Gasteiger partial charge in [-0.1, -0.05) is 13.3 Å². The maximum Gasteiger partial charge on any atom is 0.338 e. The molecular formula is C25H30N2O4S. The van der Waals surface area contributed by atoms with E-state index in [-0.39, 0.29) is 23.9 Å². The quantitative estimate of drug-likeness (QED) is 0.578. The molecule has 7 heteroatoms. The van der Waals surface area contributed by atoms with E-state index >= 15 is 0 Å². The zero-order chi connectivity index (χ0) is 22.7. The Morgan fingerprint density at radius 3 is 2.41 bits per heavy atom. The van der Waals surface area contributed by atoms with Crippen LogP contribution in [0.15, 0.2) is 24.3 Å². The highest BCUT2D eigenvalue weighted by molar-refractivity contribution is 7.17. The highest BCUT2D eigenvalue weighted by Crippen LogP contribution is 2.40. The van der Waals surface area contributed by atoms with Crippen molar-refractivity contribution >= 4 is 39.8 Å². The number of thiophene rings is 1. The number of fused-ring (bicyclic) bond motifs is 1. The minimum absolute atomic E-state index is 0.00955. The van der Waals surface area contributed by atoms with Crippen LogP contribution in [0.25, 0.3) is 0 Å². The summed E-state index contributed by atoms with van der Waals surface area (Å²) in [6.07, 6.45) is 8.08. The molecule has 2 amide bonds. The highest BCUT2D eigenvalue weighted by Gasteiger charge is 2.28. The number of rotatable bonds is 5. The number of nitrogens with one attached hydrogen (secondary N) is 2. The van der Waals surface area contributed by atoms with E-state index < -0.39 is 0 Å². The lowest BCUT2D eigenvalue weighted by atomic mass is 9.88. The fourth-order valence-electron chi connectivity index (χ4n) is 4.52. The SMILES string of the molecule is CC(=O)Nc1sc2c(c1C(=O)Nc1ccc(C(=O)OC3CCCCC3)cc1)CCC(C)C2. The second-order valence-electron chi connectivity index (χ2n) is 8.93. The molecule has 2 aliphatic carbocycles. The van der Waals surface area contributed by atoms with Gasteiger partial charge in [0, 0.05) is 17.5 Å². The number of anilines is 2. The van der Waals surface area contributed by atoms with E-state index in [1.54, 1.807) is 24.3 Å². The van der Waals surface area contributed by atoms with E-state index in [4.69, 9.17) is 4.74 Å². The molecule has 1 fully saturated rings. The molecular weight excluding hydrogens is 424 g/mol. The summed E-state index contributed by atoms with van der Waals surface area (Å²) in [4.78, 5) is 38.5. The van der Waals surface area contributed by atoms with Crippen molar-refractivity contribution in [3.05, 3.63) is 45.8 Å². The lowest BCUT2D eigenvalue weighted by Crippen LogP contribution is -2.21. The Hall–Kier alpha value is -2.67. The first-order valence-corrected chi connectivity index (χ1v) is 12.3. The molecule has 170 valence electrons. The molecule has 1 atom stereocenters. The molecule has 1 aromatic carbocycles. The van der Waals surface area contributed by atoms with Gasteiger partial charge < -0.3 is 15.4 Å². The van der Waals surface area contributed by atoms with E-state index in [9.17, 15) is 14.4 Å². The molecule has 0 bridgehead atoms. The third-order valence-corrected chi connectivity index (χ3v) is 7.40. The van der Waals surface area contributed by atoms with Crippen LogP contribution in [0.4, 0.5) is 10.7 Å². The number of hydrogen-bond acceptors (Lipinski definition) is 5. The van der Waals surface area contributed by atoms with Crippen molar-refractivity contribution in [3.63, 3.8) is 0 Å². The highest BCUT2D eigenvalue weighted by atomic mass is 32.1. The minimum atomic E-state index is -0.316. The van der Waals surface area contributed by atoms with Crippen LogP contribution >= 0.6 is 11.3 Å². The van der Waals surface area contributed by atoms with Crippen molar-refractivity contribution in [3.8, 4) is 0 Å². The van der Waals surface area contributed by atoms with Crippen LogP contribution in [-0.4, -0.2) is 23.9 Å². The van der Waals surface area contributed by atoms with E-state index in [2.05, 4.69) is 17.6 Å². The van der Waals surface area contributed by atoms with Crippen LogP contribution in [0.2, 0.25) is 0 Å². The van der Waals surface area contributed by atoms with Crippen LogP contribution in [-0.2, 0) is 22.4 Å². The Morgan fingerprint density at radius 2 is 1.72 bits per heavy atom. The summed E-state index contributed by atoms with van der Waals surface area (Å²) < 4.78 is 5.62. The van der Waals surface area contributed by atoms with Gasteiger partial charge in [-0.3, -0.25) is 9.59 Å². The maximum absolute atomic E-state index is 13.2. The van der Waals surface area contributed by atoms with Gasteiger partial charge in [0.05, 0.1) is 11.1 Å². The van der Waals surface area contributed by atoms with Gasteiger partial charge in [0.1, 0.15) is 11.1 Å². The largest absolute Gasteiger partial charge is 0.459 e. The molecule has 1 saturated carbocycles. The van der Waals surface area contributed by atoms with Gasteiger partial charge in [0.15, 0.2) is 0 Å². The zero-order valence-corrected chi connectivity index (χ0v) is 19.5. The first-order valence-electron chi connectivity index (χ1n) is 11.4. The fraction of sp³-hybridized carbons (Fsp3) is 0.480. The van der Waals surface area contributed by atoms with Crippen molar-refractivity contribution in [2.75, 3.05) is 10.6 Å². The number of hydrogen-bond donors (Lipinski definition) is 2. The maximum atomic E-state index is 13.2. The predicted molar refractivity (Wildman–Crippen MR) is 126 cm³/mol. The average molecular weight is 455 g/mol. The van der Waals surface area contributed by atoms with E-state index in [1.165, 1.54) is 29.6 Å². The third kappa shape index (κ3) is 5.21. The molecule has 1 unspecified atom stereocenters. The molecule has 1 aromatic heterocycles. The van der Waals surface area contributed by atoms with Gasteiger partial charge in [-0.15, -0.1) is 11.3 Å². The van der Waals surface area contributed by atoms with Crippen LogP contribution in [0.3, 0.4) is 0 Å². The van der Waals surface area contributed by atoms with Crippen LogP contribution in [0.5, 0.6) is 0 Å². The van der Waals surface area contributed by atoms with Gasteiger partial charge in [0.25, 0.3) is 5.91 Å². The number of carbonyl (C=O) groups is 3. The number of carbonyl (C=O) groups excluding carboxylic acids is 3. The van der Waals surface area contributed by atoms with Crippen molar-refractivity contribution in [2.45, 2.75) is 71.3 Å². The topological polar surface area (TPSA) is 84.5 Å². The molecule has 0 aliphatic heterocycles. The van der Waals surface area contributed by atoms with Gasteiger partial charge in [-0.25, -0.2) is 4.79 Å². The Balaban J connectivity index is 1.47. The molecule has 2 aliphatic rings. The zero-order valence-electron chi connectivity index (χ0n) is 18.7. The molecule has 0 spiro atoms. The van der Waals surface area contributed by atoms with Crippen molar-refractivity contribution in [1.82, 2.24) is 0 Å². The van der Waals surface area contributed by atoms with Crippen molar-refractivity contribution in [1.29, 1.82) is 0 Å². The van der Waals surface area contributed by atoms with E-state index in [1.807, 2.05) is 0 Å². The number of amides is 2. The Morgan fingerprint density at radius 1 is 1.00 bits per heavy atom. The molecule has 2 N–H and O–H groups in total.